The minimum Gasteiger partial charge on any atom is -0.449 e. The van der Waals surface area contributed by atoms with Crippen LogP contribution in [0.5, 0.6) is 0 Å². The molecule has 0 atom stereocenters. The van der Waals surface area contributed by atoms with Crippen LogP contribution in [0.4, 0.5) is 10.7 Å². The van der Waals surface area contributed by atoms with Gasteiger partial charge in [-0.2, -0.15) is 4.98 Å². The predicted octanol–water partition coefficient (Wildman–Crippen LogP) is 1.71. The van der Waals surface area contributed by atoms with E-state index in [1.165, 1.54) is 9.58 Å². The summed E-state index contributed by atoms with van der Waals surface area (Å²) in [6.07, 6.45) is 4.55. The van der Waals surface area contributed by atoms with Gasteiger partial charge in [-0.3, -0.25) is 4.98 Å². The summed E-state index contributed by atoms with van der Waals surface area (Å²) >= 11 is 0. The van der Waals surface area contributed by atoms with Crippen molar-refractivity contribution in [3.8, 4) is 11.4 Å². The number of unbranched alkanes of at least 4 members (excludes halogenated alkanes) is 1. The highest BCUT2D eigenvalue weighted by Crippen LogP contribution is 2.19. The highest BCUT2D eigenvalue weighted by molar-refractivity contribution is 5.85. The Hall–Kier alpha value is -2.48. The van der Waals surface area contributed by atoms with Gasteiger partial charge in [0.05, 0.1) is 19.8 Å². The zero-order chi connectivity index (χ0) is 16.7. The number of ether oxygens (including phenoxy) is 1. The molecule has 0 spiro atoms. The number of pyridine rings is 1. The molecule has 0 saturated heterocycles. The van der Waals surface area contributed by atoms with E-state index in [4.69, 9.17) is 4.74 Å². The average Bonchev–Trinajstić information content (AvgIpc) is 2.99. The van der Waals surface area contributed by atoms with Crippen molar-refractivity contribution in [3.63, 3.8) is 0 Å². The summed E-state index contributed by atoms with van der Waals surface area (Å²) in [5.41, 5.74) is 0.783. The Morgan fingerprint density at radius 3 is 2.78 bits per heavy atom. The number of nitrogens with zero attached hydrogens (tertiary/aromatic N) is 5. The van der Waals surface area contributed by atoms with Crippen molar-refractivity contribution in [1.82, 2.24) is 19.7 Å². The third kappa shape index (κ3) is 4.26. The number of amides is 1. The van der Waals surface area contributed by atoms with Crippen molar-refractivity contribution in [2.75, 3.05) is 25.2 Å². The molecular weight excluding hydrogens is 298 g/mol. The van der Waals surface area contributed by atoms with E-state index in [0.717, 1.165) is 18.4 Å². The van der Waals surface area contributed by atoms with Gasteiger partial charge in [0.15, 0.2) is 5.82 Å². The van der Waals surface area contributed by atoms with Crippen molar-refractivity contribution in [3.05, 3.63) is 24.5 Å². The molecule has 0 aliphatic carbocycles. The largest absolute Gasteiger partial charge is 0.449 e. The highest BCUT2D eigenvalue weighted by atomic mass is 16.6. The first kappa shape index (κ1) is 16.9. The molecule has 0 aromatic carbocycles. The van der Waals surface area contributed by atoms with Crippen molar-refractivity contribution in [1.29, 1.82) is 0 Å². The normalized spacial score (nSPS) is 10.6. The van der Waals surface area contributed by atoms with Crippen LogP contribution in [-0.2, 0) is 11.3 Å². The van der Waals surface area contributed by atoms with E-state index in [2.05, 4.69) is 15.1 Å². The molecule has 1 amide bonds. The lowest BCUT2D eigenvalue weighted by Crippen LogP contribution is -2.30. The van der Waals surface area contributed by atoms with Crippen LogP contribution in [0.15, 0.2) is 24.5 Å². The van der Waals surface area contributed by atoms with Gasteiger partial charge >= 0.3 is 6.09 Å². The Balaban J connectivity index is 2.22. The van der Waals surface area contributed by atoms with Gasteiger partial charge in [0.25, 0.3) is 0 Å². The van der Waals surface area contributed by atoms with Crippen molar-refractivity contribution in [2.45, 2.75) is 26.3 Å². The summed E-state index contributed by atoms with van der Waals surface area (Å²) in [6, 6.07) is 3.56. The van der Waals surface area contributed by atoms with Crippen LogP contribution in [0.3, 0.4) is 0 Å². The molecule has 2 aromatic rings. The molecule has 8 nitrogen and oxygen atoms in total. The summed E-state index contributed by atoms with van der Waals surface area (Å²) in [5.74, 6) is 0.788. The summed E-state index contributed by atoms with van der Waals surface area (Å²) in [4.78, 5) is 21.7. The van der Waals surface area contributed by atoms with Gasteiger partial charge in [0.1, 0.15) is 0 Å². The van der Waals surface area contributed by atoms with Crippen LogP contribution in [0, 0.1) is 0 Å². The first-order chi connectivity index (χ1) is 11.2. The third-order valence-corrected chi connectivity index (χ3v) is 3.20. The summed E-state index contributed by atoms with van der Waals surface area (Å²) < 4.78 is 6.66. The fraction of sp³-hybridized carbons (Fsp3) is 0.467. The monoisotopic (exact) mass is 319 g/mol. The zero-order valence-electron chi connectivity index (χ0n) is 13.3. The van der Waals surface area contributed by atoms with E-state index < -0.39 is 6.09 Å². The second kappa shape index (κ2) is 8.23. The van der Waals surface area contributed by atoms with E-state index in [1.54, 1.807) is 31.6 Å². The minimum atomic E-state index is -0.494. The zero-order valence-corrected chi connectivity index (χ0v) is 13.3. The molecule has 23 heavy (non-hydrogen) atoms. The molecule has 0 saturated carbocycles. The molecule has 0 aliphatic heterocycles. The number of hydrogen-bond donors (Lipinski definition) is 1. The highest BCUT2D eigenvalue weighted by Gasteiger charge is 2.20. The van der Waals surface area contributed by atoms with E-state index in [-0.39, 0.29) is 13.2 Å². The number of aliphatic hydroxyl groups is 1. The Bertz CT molecular complexity index is 629. The van der Waals surface area contributed by atoms with E-state index in [0.29, 0.717) is 18.4 Å². The van der Waals surface area contributed by atoms with Crippen LogP contribution in [0.25, 0.3) is 11.4 Å². The van der Waals surface area contributed by atoms with Crippen molar-refractivity contribution < 1.29 is 14.6 Å². The third-order valence-electron chi connectivity index (χ3n) is 3.20. The quantitative estimate of drug-likeness (QED) is 0.781. The second-order valence-electron chi connectivity index (χ2n) is 4.94. The maximum atomic E-state index is 12.1. The topological polar surface area (TPSA) is 93.4 Å². The number of carbonyl (C=O) groups is 1. The van der Waals surface area contributed by atoms with Crippen molar-refractivity contribution in [2.24, 2.45) is 0 Å². The maximum Gasteiger partial charge on any atom is 0.416 e. The van der Waals surface area contributed by atoms with Gasteiger partial charge in [-0.1, -0.05) is 13.3 Å². The second-order valence-corrected chi connectivity index (χ2v) is 4.94. The standard InChI is InChI=1S/C15H21N5O3/c1-3-4-11-23-15(22)19(2)14-17-13(18-20(14)9-10-21)12-5-7-16-8-6-12/h5-8,21H,3-4,9-11H2,1-2H3. The van der Waals surface area contributed by atoms with Gasteiger partial charge in [0.2, 0.25) is 5.95 Å². The fourth-order valence-corrected chi connectivity index (χ4v) is 1.93. The van der Waals surface area contributed by atoms with Crippen LogP contribution in [-0.4, -0.2) is 51.2 Å². The number of hydrogen-bond acceptors (Lipinski definition) is 6. The molecule has 2 aromatic heterocycles. The molecular formula is C15H21N5O3. The van der Waals surface area contributed by atoms with E-state index >= 15 is 0 Å². The van der Waals surface area contributed by atoms with Crippen LogP contribution in [0.1, 0.15) is 19.8 Å². The number of aliphatic hydroxyl groups excluding tert-OH is 1. The van der Waals surface area contributed by atoms with Gasteiger partial charge in [-0.15, -0.1) is 5.10 Å². The molecule has 0 fully saturated rings. The van der Waals surface area contributed by atoms with Crippen LogP contribution >= 0.6 is 0 Å². The summed E-state index contributed by atoms with van der Waals surface area (Å²) in [7, 11) is 1.57. The summed E-state index contributed by atoms with van der Waals surface area (Å²) in [5, 5.41) is 13.5. The molecule has 2 heterocycles. The Kier molecular flexibility index (Phi) is 6.04. The smallest absolute Gasteiger partial charge is 0.416 e. The van der Waals surface area contributed by atoms with Gasteiger partial charge < -0.3 is 9.84 Å². The number of carbonyl (C=O) groups excluding carboxylic acids is 1. The lowest BCUT2D eigenvalue weighted by Gasteiger charge is -2.16. The molecule has 8 heteroatoms. The van der Waals surface area contributed by atoms with Gasteiger partial charge in [-0.05, 0) is 18.6 Å². The molecule has 2 rings (SSSR count). The number of anilines is 1. The maximum absolute atomic E-state index is 12.1. The lowest BCUT2D eigenvalue weighted by atomic mass is 10.3. The molecule has 0 radical (unpaired) electrons. The first-order valence-corrected chi connectivity index (χ1v) is 7.54. The minimum absolute atomic E-state index is 0.106. The summed E-state index contributed by atoms with van der Waals surface area (Å²) in [6.45, 7) is 2.52. The molecule has 124 valence electrons. The molecule has 0 unspecified atom stereocenters. The Labute approximate surface area is 134 Å². The van der Waals surface area contributed by atoms with Crippen LogP contribution < -0.4 is 4.90 Å². The number of rotatable bonds is 7. The first-order valence-electron chi connectivity index (χ1n) is 7.54. The van der Waals surface area contributed by atoms with Crippen LogP contribution in [0.2, 0.25) is 0 Å². The predicted molar refractivity (Wildman–Crippen MR) is 85.0 cm³/mol. The van der Waals surface area contributed by atoms with Gasteiger partial charge in [0, 0.05) is 25.0 Å². The Morgan fingerprint density at radius 2 is 2.13 bits per heavy atom. The molecule has 1 N–H and O–H groups in total. The van der Waals surface area contributed by atoms with E-state index in [1.807, 2.05) is 6.92 Å². The SMILES string of the molecule is CCCCOC(=O)N(C)c1nc(-c2ccncc2)nn1CCO. The molecule has 0 bridgehead atoms. The fourth-order valence-electron chi connectivity index (χ4n) is 1.93. The average molecular weight is 319 g/mol. The van der Waals surface area contributed by atoms with Gasteiger partial charge in [-0.25, -0.2) is 14.4 Å². The lowest BCUT2D eigenvalue weighted by molar-refractivity contribution is 0.152. The Morgan fingerprint density at radius 1 is 1.39 bits per heavy atom. The van der Waals surface area contributed by atoms with E-state index in [9.17, 15) is 9.90 Å². The van der Waals surface area contributed by atoms with Crippen molar-refractivity contribution >= 4 is 12.0 Å². The number of aromatic nitrogens is 4. The molecule has 0 aliphatic rings.